The zero-order chi connectivity index (χ0) is 16.9. The van der Waals surface area contributed by atoms with Gasteiger partial charge in [0.05, 0.1) is 5.69 Å². The lowest BCUT2D eigenvalue weighted by molar-refractivity contribution is -0.118. The minimum Gasteiger partial charge on any atom is -0.484 e. The van der Waals surface area contributed by atoms with Gasteiger partial charge in [-0.2, -0.15) is 5.10 Å². The molecule has 3 rings (SSSR count). The van der Waals surface area contributed by atoms with E-state index in [2.05, 4.69) is 15.5 Å². The molecular weight excluding hydrogens is 309 g/mol. The SMILES string of the molecule is Cc1cc(-c2cccc(NC(=O)COc3ccc(F)cc3)c2)n[nH]1. The maximum Gasteiger partial charge on any atom is 0.262 e. The number of aryl methyl sites for hydroxylation is 1. The molecule has 1 aromatic heterocycles. The third kappa shape index (κ3) is 3.98. The molecule has 24 heavy (non-hydrogen) atoms. The molecule has 0 aliphatic heterocycles. The van der Waals surface area contributed by atoms with Gasteiger partial charge in [0.15, 0.2) is 6.61 Å². The number of anilines is 1. The van der Waals surface area contributed by atoms with Crippen molar-refractivity contribution in [2.45, 2.75) is 6.92 Å². The lowest BCUT2D eigenvalue weighted by Gasteiger charge is -2.08. The third-order valence-electron chi connectivity index (χ3n) is 3.33. The molecule has 5 nitrogen and oxygen atoms in total. The number of nitrogens with zero attached hydrogens (tertiary/aromatic N) is 1. The molecule has 0 spiro atoms. The van der Waals surface area contributed by atoms with Crippen LogP contribution < -0.4 is 10.1 Å². The van der Waals surface area contributed by atoms with Gasteiger partial charge in [0.25, 0.3) is 5.91 Å². The van der Waals surface area contributed by atoms with Crippen LogP contribution in [0.15, 0.2) is 54.6 Å². The van der Waals surface area contributed by atoms with E-state index in [0.29, 0.717) is 11.4 Å². The van der Waals surface area contributed by atoms with Gasteiger partial charge in [0, 0.05) is 16.9 Å². The second-order valence-corrected chi connectivity index (χ2v) is 5.31. The summed E-state index contributed by atoms with van der Waals surface area (Å²) in [5.41, 5.74) is 3.33. The fourth-order valence-electron chi connectivity index (χ4n) is 2.20. The molecule has 2 aromatic carbocycles. The first-order valence-corrected chi connectivity index (χ1v) is 7.41. The van der Waals surface area contributed by atoms with Gasteiger partial charge in [-0.15, -0.1) is 0 Å². The summed E-state index contributed by atoms with van der Waals surface area (Å²) in [4.78, 5) is 12.0. The molecule has 2 N–H and O–H groups in total. The van der Waals surface area contributed by atoms with Crippen LogP contribution in [0.1, 0.15) is 5.69 Å². The minimum absolute atomic E-state index is 0.155. The van der Waals surface area contributed by atoms with Gasteiger partial charge < -0.3 is 10.1 Å². The van der Waals surface area contributed by atoms with Gasteiger partial charge >= 0.3 is 0 Å². The highest BCUT2D eigenvalue weighted by atomic mass is 19.1. The zero-order valence-corrected chi connectivity index (χ0v) is 13.0. The van der Waals surface area contributed by atoms with Crippen LogP contribution in [-0.4, -0.2) is 22.7 Å². The van der Waals surface area contributed by atoms with Crippen LogP contribution in [0.4, 0.5) is 10.1 Å². The minimum atomic E-state index is -0.350. The summed E-state index contributed by atoms with van der Waals surface area (Å²) in [7, 11) is 0. The van der Waals surface area contributed by atoms with E-state index in [-0.39, 0.29) is 18.3 Å². The number of hydrogen-bond acceptors (Lipinski definition) is 3. The summed E-state index contributed by atoms with van der Waals surface area (Å²) < 4.78 is 18.1. The first kappa shape index (κ1) is 15.7. The van der Waals surface area contributed by atoms with Gasteiger partial charge in [-0.05, 0) is 49.4 Å². The topological polar surface area (TPSA) is 67.0 Å². The Morgan fingerprint density at radius 1 is 1.21 bits per heavy atom. The number of benzene rings is 2. The molecule has 0 atom stereocenters. The van der Waals surface area contributed by atoms with E-state index in [1.165, 1.54) is 24.3 Å². The largest absolute Gasteiger partial charge is 0.484 e. The predicted octanol–water partition coefficient (Wildman–Crippen LogP) is 3.54. The second kappa shape index (κ2) is 6.95. The van der Waals surface area contributed by atoms with E-state index in [4.69, 9.17) is 4.74 Å². The van der Waals surface area contributed by atoms with Gasteiger partial charge in [0.1, 0.15) is 11.6 Å². The predicted molar refractivity (Wildman–Crippen MR) is 89.3 cm³/mol. The molecule has 122 valence electrons. The molecule has 3 aromatic rings. The van der Waals surface area contributed by atoms with E-state index in [0.717, 1.165) is 17.0 Å². The number of rotatable bonds is 5. The number of H-pyrrole nitrogens is 1. The van der Waals surface area contributed by atoms with Crippen molar-refractivity contribution < 1.29 is 13.9 Å². The Bertz CT molecular complexity index is 843. The molecule has 6 heteroatoms. The van der Waals surface area contributed by atoms with Crippen molar-refractivity contribution in [3.63, 3.8) is 0 Å². The lowest BCUT2D eigenvalue weighted by atomic mass is 10.1. The quantitative estimate of drug-likeness (QED) is 0.754. The van der Waals surface area contributed by atoms with Crippen LogP contribution in [0, 0.1) is 12.7 Å². The Morgan fingerprint density at radius 2 is 2.00 bits per heavy atom. The van der Waals surface area contributed by atoms with Crippen molar-refractivity contribution >= 4 is 11.6 Å². The Labute approximate surface area is 138 Å². The lowest BCUT2D eigenvalue weighted by Crippen LogP contribution is -2.20. The fraction of sp³-hybridized carbons (Fsp3) is 0.111. The molecule has 0 unspecified atom stereocenters. The molecule has 0 saturated carbocycles. The van der Waals surface area contributed by atoms with E-state index in [1.54, 1.807) is 6.07 Å². The number of hydrogen-bond donors (Lipinski definition) is 2. The standard InChI is InChI=1S/C18H16FN3O2/c1-12-9-17(22-21-12)13-3-2-4-15(10-13)20-18(23)11-24-16-7-5-14(19)6-8-16/h2-10H,11H2,1H3,(H,20,23)(H,21,22). The maximum atomic E-state index is 12.8. The van der Waals surface area contributed by atoms with Gasteiger partial charge in [-0.25, -0.2) is 4.39 Å². The highest BCUT2D eigenvalue weighted by Crippen LogP contribution is 2.21. The molecule has 0 bridgehead atoms. The number of nitrogens with one attached hydrogen (secondary N) is 2. The molecular formula is C18H16FN3O2. The first-order valence-electron chi connectivity index (χ1n) is 7.41. The number of halogens is 1. The number of ether oxygens (including phenoxy) is 1. The number of aromatic amines is 1. The summed E-state index contributed by atoms with van der Waals surface area (Å²) in [5, 5.41) is 9.85. The highest BCUT2D eigenvalue weighted by molar-refractivity contribution is 5.92. The van der Waals surface area contributed by atoms with Crippen molar-refractivity contribution in [3.8, 4) is 17.0 Å². The smallest absolute Gasteiger partial charge is 0.262 e. The molecule has 0 fully saturated rings. The third-order valence-corrected chi connectivity index (χ3v) is 3.33. The van der Waals surface area contributed by atoms with Crippen LogP contribution in [0.2, 0.25) is 0 Å². The number of aromatic nitrogens is 2. The molecule has 0 aliphatic rings. The van der Waals surface area contributed by atoms with Crippen molar-refractivity contribution in [2.24, 2.45) is 0 Å². The average Bonchev–Trinajstić information content (AvgIpc) is 3.01. The second-order valence-electron chi connectivity index (χ2n) is 5.31. The molecule has 1 heterocycles. The highest BCUT2D eigenvalue weighted by Gasteiger charge is 2.07. The van der Waals surface area contributed by atoms with Crippen LogP contribution in [0.3, 0.4) is 0 Å². The molecule has 0 radical (unpaired) electrons. The normalized spacial score (nSPS) is 10.4. The molecule has 0 aliphatic carbocycles. The number of amides is 1. The summed E-state index contributed by atoms with van der Waals surface area (Å²) in [5.74, 6) is -0.209. The van der Waals surface area contributed by atoms with Crippen molar-refractivity contribution in [1.29, 1.82) is 0 Å². The van der Waals surface area contributed by atoms with Gasteiger partial charge in [-0.1, -0.05) is 12.1 Å². The molecule has 1 amide bonds. The number of carbonyl (C=O) groups is 1. The van der Waals surface area contributed by atoms with Crippen molar-refractivity contribution in [2.75, 3.05) is 11.9 Å². The summed E-state index contributed by atoms with van der Waals surface area (Å²) in [6.45, 7) is 1.77. The van der Waals surface area contributed by atoms with E-state index < -0.39 is 0 Å². The summed E-state index contributed by atoms with van der Waals surface area (Å²) in [6, 6.07) is 14.8. The zero-order valence-electron chi connectivity index (χ0n) is 13.0. The van der Waals surface area contributed by atoms with E-state index in [1.807, 2.05) is 31.2 Å². The van der Waals surface area contributed by atoms with E-state index in [9.17, 15) is 9.18 Å². The van der Waals surface area contributed by atoms with Crippen molar-refractivity contribution in [1.82, 2.24) is 10.2 Å². The van der Waals surface area contributed by atoms with E-state index >= 15 is 0 Å². The monoisotopic (exact) mass is 325 g/mol. The Balaban J connectivity index is 1.61. The van der Waals surface area contributed by atoms with Crippen molar-refractivity contribution in [3.05, 3.63) is 66.1 Å². The Morgan fingerprint density at radius 3 is 2.71 bits per heavy atom. The average molecular weight is 325 g/mol. The number of carbonyl (C=O) groups excluding carboxylic acids is 1. The van der Waals surface area contributed by atoms with Gasteiger partial charge in [-0.3, -0.25) is 9.89 Å². The Hall–Kier alpha value is -3.15. The van der Waals surface area contributed by atoms with Crippen LogP contribution in [0.25, 0.3) is 11.3 Å². The maximum absolute atomic E-state index is 12.8. The van der Waals surface area contributed by atoms with Crippen LogP contribution >= 0.6 is 0 Å². The summed E-state index contributed by atoms with van der Waals surface area (Å²) >= 11 is 0. The first-order chi connectivity index (χ1) is 11.6. The Kier molecular flexibility index (Phi) is 4.56. The van der Waals surface area contributed by atoms with Gasteiger partial charge in [0.2, 0.25) is 0 Å². The van der Waals surface area contributed by atoms with Crippen LogP contribution in [0.5, 0.6) is 5.75 Å². The molecule has 0 saturated heterocycles. The fourth-order valence-corrected chi connectivity index (χ4v) is 2.20. The van der Waals surface area contributed by atoms with Crippen LogP contribution in [-0.2, 0) is 4.79 Å². The summed E-state index contributed by atoms with van der Waals surface area (Å²) in [6.07, 6.45) is 0.